The van der Waals surface area contributed by atoms with E-state index in [-0.39, 0.29) is 17.7 Å². The molecule has 2 aliphatic rings. The number of amides is 3. The van der Waals surface area contributed by atoms with E-state index >= 15 is 0 Å². The summed E-state index contributed by atoms with van der Waals surface area (Å²) in [6, 6.07) is 15.6. The van der Waals surface area contributed by atoms with Crippen molar-refractivity contribution in [1.82, 2.24) is 15.2 Å². The van der Waals surface area contributed by atoms with Gasteiger partial charge in [0.15, 0.2) is 0 Å². The van der Waals surface area contributed by atoms with Crippen LogP contribution < -0.4 is 10.1 Å². The minimum Gasteiger partial charge on any atom is -0.486 e. The highest BCUT2D eigenvalue weighted by molar-refractivity contribution is 6.24. The summed E-state index contributed by atoms with van der Waals surface area (Å²) in [5, 5.41) is 3.66. The van der Waals surface area contributed by atoms with Gasteiger partial charge in [0.25, 0.3) is 11.8 Å². The van der Waals surface area contributed by atoms with Crippen LogP contribution in [0.3, 0.4) is 0 Å². The molecule has 1 aromatic heterocycles. The standard InChI is InChI=1S/C24H19N3O4/c1-14-9-12-19(22(28)25-14)27-23(29)17-6-4-8-20(21(17)24(27)30)31-13-16-11-10-15-5-2-3-7-18(15)26-16/h2-8,10-11,19H,1,9,12-13H2,(H,25,28). The van der Waals surface area contributed by atoms with Crippen molar-refractivity contribution in [3.63, 3.8) is 0 Å². The largest absolute Gasteiger partial charge is 0.486 e. The van der Waals surface area contributed by atoms with Crippen LogP contribution in [0.2, 0.25) is 0 Å². The van der Waals surface area contributed by atoms with Gasteiger partial charge < -0.3 is 10.1 Å². The maximum Gasteiger partial charge on any atom is 0.266 e. The van der Waals surface area contributed by atoms with E-state index in [0.29, 0.717) is 30.0 Å². The third-order valence-electron chi connectivity index (χ3n) is 5.57. The highest BCUT2D eigenvalue weighted by Gasteiger charge is 2.45. The fourth-order valence-electron chi connectivity index (χ4n) is 4.02. The number of nitrogens with zero attached hydrogens (tertiary/aromatic N) is 2. The first-order valence-corrected chi connectivity index (χ1v) is 10.00. The fourth-order valence-corrected chi connectivity index (χ4v) is 4.02. The van der Waals surface area contributed by atoms with Crippen LogP contribution in [0.1, 0.15) is 39.3 Å². The maximum atomic E-state index is 13.1. The number of fused-ring (bicyclic) bond motifs is 2. The summed E-state index contributed by atoms with van der Waals surface area (Å²) in [6.45, 7) is 3.89. The number of nitrogens with one attached hydrogen (secondary N) is 1. The van der Waals surface area contributed by atoms with E-state index < -0.39 is 23.8 Å². The first kappa shape index (κ1) is 19.0. The molecule has 1 N–H and O–H groups in total. The molecule has 2 aliphatic heterocycles. The van der Waals surface area contributed by atoms with Gasteiger partial charge in [0.2, 0.25) is 5.91 Å². The summed E-state index contributed by atoms with van der Waals surface area (Å²) in [6.07, 6.45) is 0.869. The molecule has 0 bridgehead atoms. The second-order valence-corrected chi connectivity index (χ2v) is 7.59. The monoisotopic (exact) mass is 413 g/mol. The first-order valence-electron chi connectivity index (χ1n) is 10.00. The minimum atomic E-state index is -0.854. The van der Waals surface area contributed by atoms with Crippen molar-refractivity contribution in [1.29, 1.82) is 0 Å². The zero-order valence-electron chi connectivity index (χ0n) is 16.6. The van der Waals surface area contributed by atoms with E-state index in [4.69, 9.17) is 4.74 Å². The highest BCUT2D eigenvalue weighted by atomic mass is 16.5. The molecule has 1 atom stereocenters. The summed E-state index contributed by atoms with van der Waals surface area (Å²) in [5.41, 5.74) is 2.57. The van der Waals surface area contributed by atoms with E-state index in [0.717, 1.165) is 15.8 Å². The molecular formula is C24H19N3O4. The number of allylic oxidation sites excluding steroid dienone is 1. The zero-order chi connectivity index (χ0) is 21.5. The average Bonchev–Trinajstić information content (AvgIpc) is 3.03. The number of ether oxygens (including phenoxy) is 1. The molecule has 3 heterocycles. The average molecular weight is 413 g/mol. The summed E-state index contributed by atoms with van der Waals surface area (Å²) in [5.74, 6) is -1.10. The Bertz CT molecular complexity index is 1270. The second-order valence-electron chi connectivity index (χ2n) is 7.59. The van der Waals surface area contributed by atoms with Gasteiger partial charge in [-0.2, -0.15) is 0 Å². The van der Waals surface area contributed by atoms with Crippen LogP contribution in [0.25, 0.3) is 10.9 Å². The van der Waals surface area contributed by atoms with Crippen LogP contribution in [-0.4, -0.2) is 33.6 Å². The summed E-state index contributed by atoms with van der Waals surface area (Å²) in [4.78, 5) is 44.1. The van der Waals surface area contributed by atoms with Crippen LogP contribution in [0.5, 0.6) is 5.75 Å². The molecule has 0 radical (unpaired) electrons. The van der Waals surface area contributed by atoms with Gasteiger partial charge in [-0.15, -0.1) is 0 Å². The van der Waals surface area contributed by atoms with Crippen molar-refractivity contribution >= 4 is 28.6 Å². The van der Waals surface area contributed by atoms with E-state index in [1.165, 1.54) is 0 Å². The molecule has 1 fully saturated rings. The van der Waals surface area contributed by atoms with Crippen LogP contribution in [0, 0.1) is 0 Å². The van der Waals surface area contributed by atoms with Crippen LogP contribution in [0.15, 0.2) is 66.9 Å². The van der Waals surface area contributed by atoms with Gasteiger partial charge in [-0.1, -0.05) is 36.9 Å². The fraction of sp³-hybridized carbons (Fsp3) is 0.167. The second kappa shape index (κ2) is 7.36. The molecule has 154 valence electrons. The molecule has 1 saturated heterocycles. The number of pyridine rings is 1. The Morgan fingerprint density at radius 3 is 2.71 bits per heavy atom. The van der Waals surface area contributed by atoms with Crippen LogP contribution in [-0.2, 0) is 11.4 Å². The molecule has 0 spiro atoms. The maximum absolute atomic E-state index is 13.1. The lowest BCUT2D eigenvalue weighted by Crippen LogP contribution is -2.51. The molecule has 31 heavy (non-hydrogen) atoms. The van der Waals surface area contributed by atoms with Gasteiger partial charge in [0.05, 0.1) is 22.3 Å². The third kappa shape index (κ3) is 3.24. The molecule has 1 unspecified atom stereocenters. The van der Waals surface area contributed by atoms with Crippen LogP contribution in [0.4, 0.5) is 0 Å². The molecule has 2 aromatic carbocycles. The number of hydrogen-bond acceptors (Lipinski definition) is 5. The zero-order valence-corrected chi connectivity index (χ0v) is 16.6. The number of carbonyl (C=O) groups is 3. The molecule has 5 rings (SSSR count). The number of imide groups is 1. The molecule has 0 saturated carbocycles. The Kier molecular flexibility index (Phi) is 4.51. The normalized spacial score (nSPS) is 18.3. The SMILES string of the molecule is C=C1CCC(N2C(=O)c3cccc(OCc4ccc5ccccc5n4)c3C2=O)C(=O)N1. The Morgan fingerprint density at radius 2 is 1.87 bits per heavy atom. The van der Waals surface area contributed by atoms with Crippen molar-refractivity contribution in [2.45, 2.75) is 25.5 Å². The van der Waals surface area contributed by atoms with Crippen molar-refractivity contribution in [2.24, 2.45) is 0 Å². The predicted octanol–water partition coefficient (Wildman–Crippen LogP) is 3.20. The molecular weight excluding hydrogens is 394 g/mol. The van der Waals surface area contributed by atoms with E-state index in [9.17, 15) is 14.4 Å². The van der Waals surface area contributed by atoms with Gasteiger partial charge in [0, 0.05) is 11.1 Å². The van der Waals surface area contributed by atoms with Gasteiger partial charge in [0.1, 0.15) is 18.4 Å². The molecule has 7 nitrogen and oxygen atoms in total. The quantitative estimate of drug-likeness (QED) is 0.664. The number of benzene rings is 2. The Labute approximate surface area is 178 Å². The van der Waals surface area contributed by atoms with Gasteiger partial charge in [-0.25, -0.2) is 4.98 Å². The third-order valence-corrected chi connectivity index (χ3v) is 5.57. The summed E-state index contributed by atoms with van der Waals surface area (Å²) >= 11 is 0. The molecule has 0 aliphatic carbocycles. The molecule has 3 amide bonds. The Hall–Kier alpha value is -4.00. The lowest BCUT2D eigenvalue weighted by Gasteiger charge is -2.29. The number of rotatable bonds is 4. The lowest BCUT2D eigenvalue weighted by molar-refractivity contribution is -0.125. The smallest absolute Gasteiger partial charge is 0.266 e. The minimum absolute atomic E-state index is 0.145. The Morgan fingerprint density at radius 1 is 1.03 bits per heavy atom. The van der Waals surface area contributed by atoms with E-state index in [1.54, 1.807) is 18.2 Å². The summed E-state index contributed by atoms with van der Waals surface area (Å²) < 4.78 is 5.91. The van der Waals surface area contributed by atoms with Gasteiger partial charge in [-0.3, -0.25) is 19.3 Å². The lowest BCUT2D eigenvalue weighted by atomic mass is 10.0. The predicted molar refractivity (Wildman–Crippen MR) is 113 cm³/mol. The van der Waals surface area contributed by atoms with E-state index in [2.05, 4.69) is 16.9 Å². The number of carbonyl (C=O) groups excluding carboxylic acids is 3. The highest BCUT2D eigenvalue weighted by Crippen LogP contribution is 2.34. The summed E-state index contributed by atoms with van der Waals surface area (Å²) in [7, 11) is 0. The van der Waals surface area contributed by atoms with Gasteiger partial charge >= 0.3 is 0 Å². The van der Waals surface area contributed by atoms with Crippen molar-refractivity contribution in [3.8, 4) is 5.75 Å². The molecule has 7 heteroatoms. The van der Waals surface area contributed by atoms with Crippen molar-refractivity contribution in [2.75, 3.05) is 0 Å². The first-order chi connectivity index (χ1) is 15.0. The van der Waals surface area contributed by atoms with Gasteiger partial charge in [-0.05, 0) is 37.1 Å². The number of para-hydroxylation sites is 1. The topological polar surface area (TPSA) is 88.6 Å². The van der Waals surface area contributed by atoms with Crippen LogP contribution >= 0.6 is 0 Å². The molecule has 3 aromatic rings. The number of hydrogen-bond donors (Lipinski definition) is 1. The number of aromatic nitrogens is 1. The Balaban J connectivity index is 1.41. The van der Waals surface area contributed by atoms with Crippen molar-refractivity contribution in [3.05, 3.63) is 83.7 Å². The van der Waals surface area contributed by atoms with Crippen molar-refractivity contribution < 1.29 is 19.1 Å². The van der Waals surface area contributed by atoms with E-state index in [1.807, 2.05) is 36.4 Å². The number of piperidine rings is 1.